The molecule has 0 aliphatic heterocycles. The van der Waals surface area contributed by atoms with Crippen molar-refractivity contribution in [3.8, 4) is 29.2 Å². The zero-order valence-corrected chi connectivity index (χ0v) is 21.0. The van der Waals surface area contributed by atoms with Crippen molar-refractivity contribution in [2.75, 3.05) is 0 Å². The minimum Gasteiger partial charge on any atom is -0.453 e. The van der Waals surface area contributed by atoms with Crippen LogP contribution in [0.15, 0.2) is 71.4 Å². The van der Waals surface area contributed by atoms with Crippen molar-refractivity contribution >= 4 is 23.2 Å². The molecule has 0 spiro atoms. The summed E-state index contributed by atoms with van der Waals surface area (Å²) in [6.45, 7) is 2.58. The van der Waals surface area contributed by atoms with Crippen molar-refractivity contribution in [3.05, 3.63) is 111 Å². The Balaban J connectivity index is 1.37. The Morgan fingerprint density at radius 2 is 1.89 bits per heavy atom. The van der Waals surface area contributed by atoms with E-state index in [1.165, 1.54) is 30.3 Å². The molecule has 0 N–H and O–H groups in total. The topological polar surface area (TPSA) is 89.8 Å². The Labute approximate surface area is 221 Å². The standard InChI is InChI=1S/C27H18Cl2FN5O2/c1-16-25(32-15-35(16)14-17-5-3-2-4-6-17)27-34-33-23(37-27)11-19-7-8-22(29)26(24(19)30)36-21-10-18(13-31)9-20(28)12-21/h2-10,12,15H,11,14H2,1H3. The molecule has 7 nitrogen and oxygen atoms in total. The minimum atomic E-state index is -0.686. The summed E-state index contributed by atoms with van der Waals surface area (Å²) in [5, 5.41) is 17.7. The van der Waals surface area contributed by atoms with E-state index < -0.39 is 5.82 Å². The number of hydrogen-bond acceptors (Lipinski definition) is 6. The summed E-state index contributed by atoms with van der Waals surface area (Å²) in [6, 6.07) is 19.4. The molecule has 0 aliphatic rings. The lowest BCUT2D eigenvalue weighted by molar-refractivity contribution is 0.437. The number of imidazole rings is 1. The fraction of sp³-hybridized carbons (Fsp3) is 0.111. The van der Waals surface area contributed by atoms with Gasteiger partial charge in [-0.3, -0.25) is 0 Å². The first kappa shape index (κ1) is 24.5. The first-order valence-electron chi connectivity index (χ1n) is 11.1. The van der Waals surface area contributed by atoms with Crippen LogP contribution in [0.3, 0.4) is 0 Å². The van der Waals surface area contributed by atoms with Gasteiger partial charge in [-0.2, -0.15) is 5.26 Å². The molecule has 0 aliphatic carbocycles. The van der Waals surface area contributed by atoms with Crippen LogP contribution < -0.4 is 4.74 Å². The maximum absolute atomic E-state index is 15.4. The molecule has 0 saturated carbocycles. The van der Waals surface area contributed by atoms with Crippen LogP contribution in [0.5, 0.6) is 11.5 Å². The fourth-order valence-electron chi connectivity index (χ4n) is 3.78. The number of benzene rings is 3. The quantitative estimate of drug-likeness (QED) is 0.224. The lowest BCUT2D eigenvalue weighted by Crippen LogP contribution is -2.00. The van der Waals surface area contributed by atoms with Crippen LogP contribution in [-0.2, 0) is 13.0 Å². The van der Waals surface area contributed by atoms with E-state index >= 15 is 4.39 Å². The van der Waals surface area contributed by atoms with Gasteiger partial charge in [-0.25, -0.2) is 9.37 Å². The third-order valence-corrected chi connectivity index (χ3v) is 6.17. The summed E-state index contributed by atoms with van der Waals surface area (Å²) in [4.78, 5) is 4.44. The summed E-state index contributed by atoms with van der Waals surface area (Å²) in [5.74, 6) is -0.250. The Morgan fingerprint density at radius 3 is 2.68 bits per heavy atom. The van der Waals surface area contributed by atoms with Gasteiger partial charge in [-0.05, 0) is 36.8 Å². The van der Waals surface area contributed by atoms with Gasteiger partial charge in [0.05, 0.1) is 29.4 Å². The Morgan fingerprint density at radius 1 is 1.08 bits per heavy atom. The SMILES string of the molecule is Cc1c(-c2nnc(Cc3ccc(Cl)c(Oc4cc(Cl)cc(C#N)c4)c3F)o2)ncn1Cc1ccccc1. The van der Waals surface area contributed by atoms with Crippen molar-refractivity contribution in [2.24, 2.45) is 0 Å². The molecule has 0 unspecified atom stereocenters. The molecule has 5 rings (SSSR count). The summed E-state index contributed by atoms with van der Waals surface area (Å²) in [6.07, 6.45) is 1.73. The molecule has 10 heteroatoms. The lowest BCUT2D eigenvalue weighted by atomic mass is 10.1. The van der Waals surface area contributed by atoms with E-state index in [1.54, 1.807) is 6.33 Å². The van der Waals surface area contributed by atoms with Crippen LogP contribution in [0, 0.1) is 24.1 Å². The monoisotopic (exact) mass is 533 g/mol. The van der Waals surface area contributed by atoms with Crippen molar-refractivity contribution in [3.63, 3.8) is 0 Å². The number of nitrogens with zero attached hydrogens (tertiary/aromatic N) is 5. The summed E-state index contributed by atoms with van der Waals surface area (Å²) >= 11 is 12.2. The minimum absolute atomic E-state index is 0.00905. The number of nitriles is 1. The molecule has 0 radical (unpaired) electrons. The fourth-order valence-corrected chi connectivity index (χ4v) is 4.19. The van der Waals surface area contributed by atoms with Crippen molar-refractivity contribution < 1.29 is 13.5 Å². The Bertz CT molecular complexity index is 1630. The molecule has 0 amide bonds. The Kier molecular flexibility index (Phi) is 6.91. The molecule has 0 bridgehead atoms. The van der Waals surface area contributed by atoms with Crippen molar-refractivity contribution in [1.82, 2.24) is 19.7 Å². The highest BCUT2D eigenvalue weighted by atomic mass is 35.5. The predicted octanol–water partition coefficient (Wildman–Crippen LogP) is 6.99. The van der Waals surface area contributed by atoms with Crippen molar-refractivity contribution in [1.29, 1.82) is 5.26 Å². The van der Waals surface area contributed by atoms with Crippen molar-refractivity contribution in [2.45, 2.75) is 19.9 Å². The normalized spacial score (nSPS) is 10.9. The highest BCUT2D eigenvalue weighted by Crippen LogP contribution is 2.36. The summed E-state index contributed by atoms with van der Waals surface area (Å²) in [5.41, 5.74) is 3.08. The van der Waals surface area contributed by atoms with Gasteiger partial charge in [-0.1, -0.05) is 59.6 Å². The van der Waals surface area contributed by atoms with Gasteiger partial charge in [-0.15, -0.1) is 10.2 Å². The third-order valence-electron chi connectivity index (χ3n) is 5.66. The second-order valence-electron chi connectivity index (χ2n) is 8.21. The molecule has 0 saturated heterocycles. The molecular weight excluding hydrogens is 516 g/mol. The van der Waals surface area contributed by atoms with E-state index in [-0.39, 0.29) is 50.9 Å². The maximum atomic E-state index is 15.4. The van der Waals surface area contributed by atoms with Crippen LogP contribution in [-0.4, -0.2) is 19.7 Å². The molecule has 0 atom stereocenters. The molecule has 37 heavy (non-hydrogen) atoms. The first-order chi connectivity index (χ1) is 17.9. The van der Waals surface area contributed by atoms with E-state index in [0.29, 0.717) is 12.2 Å². The van der Waals surface area contributed by atoms with Crippen LogP contribution in [0.25, 0.3) is 11.6 Å². The first-order valence-corrected chi connectivity index (χ1v) is 11.9. The van der Waals surface area contributed by atoms with Crippen LogP contribution in [0.4, 0.5) is 4.39 Å². The zero-order chi connectivity index (χ0) is 25.9. The summed E-state index contributed by atoms with van der Waals surface area (Å²) < 4.78 is 28.8. The van der Waals surface area contributed by atoms with E-state index in [1.807, 2.05) is 47.9 Å². The highest BCUT2D eigenvalue weighted by Gasteiger charge is 2.20. The molecule has 2 aromatic heterocycles. The van der Waals surface area contributed by atoms with Crippen LogP contribution in [0.1, 0.15) is 28.3 Å². The average Bonchev–Trinajstić information content (AvgIpc) is 3.50. The van der Waals surface area contributed by atoms with Gasteiger partial charge in [0.2, 0.25) is 5.89 Å². The van der Waals surface area contributed by atoms with Crippen LogP contribution >= 0.6 is 23.2 Å². The van der Waals surface area contributed by atoms with E-state index in [2.05, 4.69) is 15.2 Å². The maximum Gasteiger partial charge on any atom is 0.268 e. The predicted molar refractivity (Wildman–Crippen MR) is 136 cm³/mol. The van der Waals surface area contributed by atoms with Gasteiger partial charge in [0, 0.05) is 22.8 Å². The second-order valence-corrected chi connectivity index (χ2v) is 9.05. The molecule has 0 fully saturated rings. The number of rotatable bonds is 7. The summed E-state index contributed by atoms with van der Waals surface area (Å²) in [7, 11) is 0. The Hall–Kier alpha value is -4.19. The van der Waals surface area contributed by atoms with Crippen LogP contribution in [0.2, 0.25) is 10.0 Å². The number of aromatic nitrogens is 4. The van der Waals surface area contributed by atoms with Gasteiger partial charge < -0.3 is 13.7 Å². The van der Waals surface area contributed by atoms with E-state index in [4.69, 9.17) is 37.6 Å². The van der Waals surface area contributed by atoms with Gasteiger partial charge >= 0.3 is 0 Å². The highest BCUT2D eigenvalue weighted by molar-refractivity contribution is 6.32. The van der Waals surface area contributed by atoms with E-state index in [0.717, 1.165) is 11.3 Å². The molecule has 2 heterocycles. The average molecular weight is 534 g/mol. The third kappa shape index (κ3) is 5.33. The molecule has 184 valence electrons. The number of halogens is 3. The number of ether oxygens (including phenoxy) is 1. The number of hydrogen-bond donors (Lipinski definition) is 0. The molecule has 5 aromatic rings. The van der Waals surface area contributed by atoms with Gasteiger partial charge in [0.25, 0.3) is 5.89 Å². The van der Waals surface area contributed by atoms with E-state index in [9.17, 15) is 0 Å². The largest absolute Gasteiger partial charge is 0.453 e. The smallest absolute Gasteiger partial charge is 0.268 e. The lowest BCUT2D eigenvalue weighted by Gasteiger charge is -2.11. The second kappa shape index (κ2) is 10.4. The zero-order valence-electron chi connectivity index (χ0n) is 19.5. The van der Waals surface area contributed by atoms with Gasteiger partial charge in [0.1, 0.15) is 11.4 Å². The van der Waals surface area contributed by atoms with Gasteiger partial charge in [0.15, 0.2) is 11.6 Å². The molecule has 3 aromatic carbocycles. The molecular formula is C27H18Cl2FN5O2.